The Kier molecular flexibility index (Phi) is 15.4. The molecule has 0 N–H and O–H groups in total. The van der Waals surface area contributed by atoms with E-state index >= 15 is 0 Å². The SMILES string of the molecule is C/C=C/c1ccccc1.C=CC.CC. The molecule has 0 atom stereocenters. The summed E-state index contributed by atoms with van der Waals surface area (Å²) in [4.78, 5) is 0. The van der Waals surface area contributed by atoms with Crippen LogP contribution in [-0.4, -0.2) is 0 Å². The number of allylic oxidation sites excluding steroid dienone is 2. The van der Waals surface area contributed by atoms with Crippen molar-refractivity contribution in [3.05, 3.63) is 54.6 Å². The smallest absolute Gasteiger partial charge is 0.0260 e. The molecule has 0 saturated carbocycles. The first kappa shape index (κ1) is 15.2. The Bertz CT molecular complexity index is 219. The maximum atomic E-state index is 3.36. The van der Waals surface area contributed by atoms with Crippen LogP contribution >= 0.6 is 0 Å². The zero-order chi connectivity index (χ0) is 11.2. The van der Waals surface area contributed by atoms with E-state index in [0.29, 0.717) is 0 Å². The summed E-state index contributed by atoms with van der Waals surface area (Å²) in [6, 6.07) is 10.3. The highest BCUT2D eigenvalue weighted by molar-refractivity contribution is 5.47. The van der Waals surface area contributed by atoms with Crippen LogP contribution < -0.4 is 0 Å². The first-order valence-corrected chi connectivity index (χ1v) is 5.10. The molecule has 0 saturated heterocycles. The van der Waals surface area contributed by atoms with Crippen LogP contribution in [0.15, 0.2) is 49.1 Å². The van der Waals surface area contributed by atoms with Crippen LogP contribution in [0, 0.1) is 0 Å². The highest BCUT2D eigenvalue weighted by Gasteiger charge is 1.77. The summed E-state index contributed by atoms with van der Waals surface area (Å²) in [5.74, 6) is 0. The molecule has 0 heteroatoms. The van der Waals surface area contributed by atoms with E-state index in [-0.39, 0.29) is 0 Å². The number of benzene rings is 1. The van der Waals surface area contributed by atoms with E-state index < -0.39 is 0 Å². The zero-order valence-corrected chi connectivity index (χ0v) is 9.83. The lowest BCUT2D eigenvalue weighted by atomic mass is 10.2. The van der Waals surface area contributed by atoms with Crippen LogP contribution in [0.2, 0.25) is 0 Å². The van der Waals surface area contributed by atoms with Crippen molar-refractivity contribution in [2.75, 3.05) is 0 Å². The quantitative estimate of drug-likeness (QED) is 0.550. The lowest BCUT2D eigenvalue weighted by molar-refractivity contribution is 1.50. The summed E-state index contributed by atoms with van der Waals surface area (Å²) in [5, 5.41) is 0. The van der Waals surface area contributed by atoms with Crippen LogP contribution in [0.25, 0.3) is 6.08 Å². The van der Waals surface area contributed by atoms with Gasteiger partial charge in [0.25, 0.3) is 0 Å². The van der Waals surface area contributed by atoms with Crippen molar-refractivity contribution < 1.29 is 0 Å². The first-order chi connectivity index (χ1) is 6.85. The minimum Gasteiger partial charge on any atom is -0.103 e. The van der Waals surface area contributed by atoms with Gasteiger partial charge in [-0.15, -0.1) is 6.58 Å². The van der Waals surface area contributed by atoms with Crippen molar-refractivity contribution >= 4 is 6.08 Å². The fourth-order valence-corrected chi connectivity index (χ4v) is 0.757. The molecule has 1 aromatic rings. The minimum atomic E-state index is 1.26. The highest BCUT2D eigenvalue weighted by Crippen LogP contribution is 1.99. The predicted molar refractivity (Wildman–Crippen MR) is 68.4 cm³/mol. The van der Waals surface area contributed by atoms with Crippen molar-refractivity contribution in [1.82, 2.24) is 0 Å². The van der Waals surface area contributed by atoms with Crippen molar-refractivity contribution in [2.45, 2.75) is 27.7 Å². The Morgan fingerprint density at radius 3 is 1.79 bits per heavy atom. The highest BCUT2D eigenvalue weighted by atomic mass is 13.8. The predicted octanol–water partition coefficient (Wildman–Crippen LogP) is 4.94. The van der Waals surface area contributed by atoms with E-state index in [1.807, 2.05) is 52.0 Å². The van der Waals surface area contributed by atoms with Gasteiger partial charge in [-0.25, -0.2) is 0 Å². The van der Waals surface area contributed by atoms with Crippen LogP contribution in [-0.2, 0) is 0 Å². The Balaban J connectivity index is 0. The molecular formula is C14H22. The molecule has 0 aliphatic carbocycles. The van der Waals surface area contributed by atoms with Crippen LogP contribution in [0.1, 0.15) is 33.3 Å². The van der Waals surface area contributed by atoms with Gasteiger partial charge in [-0.3, -0.25) is 0 Å². The molecule has 0 heterocycles. The number of hydrogen-bond donors (Lipinski definition) is 0. The summed E-state index contributed by atoms with van der Waals surface area (Å²) in [7, 11) is 0. The molecule has 78 valence electrons. The summed E-state index contributed by atoms with van der Waals surface area (Å²) in [6.07, 6.45) is 5.87. The molecule has 0 fully saturated rings. The van der Waals surface area contributed by atoms with Gasteiger partial charge in [0.05, 0.1) is 0 Å². The summed E-state index contributed by atoms with van der Waals surface area (Å²) >= 11 is 0. The van der Waals surface area contributed by atoms with Crippen molar-refractivity contribution in [2.24, 2.45) is 0 Å². The van der Waals surface area contributed by atoms with Gasteiger partial charge in [-0.2, -0.15) is 0 Å². The molecule has 0 aliphatic rings. The maximum Gasteiger partial charge on any atom is -0.0260 e. The second-order valence-corrected chi connectivity index (χ2v) is 2.32. The standard InChI is InChI=1S/C9H10.C3H6.C2H6/c1-2-6-9-7-4-3-5-8-9;1-3-2;1-2/h2-8H,1H3;3H,1H2,2H3;1-2H3/b6-2+;;. The molecule has 0 aromatic heterocycles. The minimum absolute atomic E-state index is 1.26. The second-order valence-electron chi connectivity index (χ2n) is 2.32. The molecule has 0 spiro atoms. The molecule has 0 radical (unpaired) electrons. The molecule has 1 aromatic carbocycles. The first-order valence-electron chi connectivity index (χ1n) is 5.10. The number of rotatable bonds is 1. The van der Waals surface area contributed by atoms with E-state index in [9.17, 15) is 0 Å². The van der Waals surface area contributed by atoms with Gasteiger partial charge < -0.3 is 0 Å². The third kappa shape index (κ3) is 10.7. The van der Waals surface area contributed by atoms with E-state index in [0.717, 1.165) is 0 Å². The third-order valence-corrected chi connectivity index (χ3v) is 1.16. The van der Waals surface area contributed by atoms with Gasteiger partial charge in [0, 0.05) is 0 Å². The topological polar surface area (TPSA) is 0 Å². The van der Waals surface area contributed by atoms with Crippen LogP contribution in [0.4, 0.5) is 0 Å². The molecule has 0 unspecified atom stereocenters. The zero-order valence-electron chi connectivity index (χ0n) is 9.83. The van der Waals surface area contributed by atoms with Gasteiger partial charge in [0.15, 0.2) is 0 Å². The van der Waals surface area contributed by atoms with E-state index in [4.69, 9.17) is 0 Å². The Labute approximate surface area is 89.0 Å². The molecule has 0 aliphatic heterocycles. The summed E-state index contributed by atoms with van der Waals surface area (Å²) < 4.78 is 0. The number of hydrogen-bond acceptors (Lipinski definition) is 0. The third-order valence-electron chi connectivity index (χ3n) is 1.16. The van der Waals surface area contributed by atoms with E-state index in [2.05, 4.69) is 24.8 Å². The molecule has 0 amide bonds. The largest absolute Gasteiger partial charge is 0.103 e. The van der Waals surface area contributed by atoms with Gasteiger partial charge in [0.2, 0.25) is 0 Å². The summed E-state index contributed by atoms with van der Waals surface area (Å²) in [6.45, 7) is 11.3. The van der Waals surface area contributed by atoms with Gasteiger partial charge in [0.1, 0.15) is 0 Å². The molecule has 1 rings (SSSR count). The lowest BCUT2D eigenvalue weighted by Gasteiger charge is -1.86. The normalized spacial score (nSPS) is 8.00. The van der Waals surface area contributed by atoms with Gasteiger partial charge in [-0.05, 0) is 19.4 Å². The van der Waals surface area contributed by atoms with Crippen LogP contribution in [0.5, 0.6) is 0 Å². The Morgan fingerprint density at radius 2 is 1.43 bits per heavy atom. The average molecular weight is 190 g/mol. The van der Waals surface area contributed by atoms with E-state index in [1.54, 1.807) is 6.08 Å². The monoisotopic (exact) mass is 190 g/mol. The van der Waals surface area contributed by atoms with Gasteiger partial charge in [-0.1, -0.05) is 62.4 Å². The van der Waals surface area contributed by atoms with Crippen molar-refractivity contribution in [3.8, 4) is 0 Å². The molecule has 14 heavy (non-hydrogen) atoms. The van der Waals surface area contributed by atoms with Crippen molar-refractivity contribution in [1.29, 1.82) is 0 Å². The van der Waals surface area contributed by atoms with E-state index in [1.165, 1.54) is 5.56 Å². The molecule has 0 nitrogen and oxygen atoms in total. The maximum absolute atomic E-state index is 3.36. The Hall–Kier alpha value is -1.30. The molecule has 0 bridgehead atoms. The second kappa shape index (κ2) is 14.2. The lowest BCUT2D eigenvalue weighted by Crippen LogP contribution is -1.65. The average Bonchev–Trinajstić information content (AvgIpc) is 2.24. The van der Waals surface area contributed by atoms with Gasteiger partial charge >= 0.3 is 0 Å². The fraction of sp³-hybridized carbons (Fsp3) is 0.286. The van der Waals surface area contributed by atoms with Crippen molar-refractivity contribution in [3.63, 3.8) is 0 Å². The fourth-order valence-electron chi connectivity index (χ4n) is 0.757. The molecular weight excluding hydrogens is 168 g/mol. The summed E-state index contributed by atoms with van der Waals surface area (Å²) in [5.41, 5.74) is 1.26. The van der Waals surface area contributed by atoms with Crippen LogP contribution in [0.3, 0.4) is 0 Å². The Morgan fingerprint density at radius 1 is 1.00 bits per heavy atom.